The van der Waals surface area contributed by atoms with Crippen molar-refractivity contribution in [3.8, 4) is 0 Å². The second kappa shape index (κ2) is 5.52. The van der Waals surface area contributed by atoms with Crippen LogP contribution in [0.25, 0.3) is 0 Å². The molecule has 3 rings (SSSR count). The molecule has 2 aromatic rings. The van der Waals surface area contributed by atoms with E-state index >= 15 is 0 Å². The molecule has 2 aromatic heterocycles. The van der Waals surface area contributed by atoms with Crippen molar-refractivity contribution >= 4 is 11.7 Å². The average Bonchev–Trinajstić information content (AvgIpc) is 3.01. The molecule has 5 nitrogen and oxygen atoms in total. The highest BCUT2D eigenvalue weighted by molar-refractivity contribution is 5.92. The monoisotopic (exact) mass is 296 g/mol. The number of carboxylic acid groups (broad SMARTS) is 1. The van der Waals surface area contributed by atoms with Gasteiger partial charge in [0.1, 0.15) is 5.76 Å². The standard InChI is InChI=1S/C17H16N2O3/c1-11-9-14(15-6-4-8-22-15)16(17(20)21)12(2)19(11)13-5-3-7-18-10-13/h3-10,14H,1-2H3,(H,20,21). The Balaban J connectivity index is 2.13. The molecule has 3 heterocycles. The fraction of sp³-hybridized carbons (Fsp3) is 0.176. The Kier molecular flexibility index (Phi) is 3.55. The normalized spacial score (nSPS) is 18.4. The van der Waals surface area contributed by atoms with Gasteiger partial charge in [0, 0.05) is 17.6 Å². The largest absolute Gasteiger partial charge is 0.478 e. The zero-order valence-corrected chi connectivity index (χ0v) is 12.4. The summed E-state index contributed by atoms with van der Waals surface area (Å²) in [5.41, 5.74) is 2.76. The highest BCUT2D eigenvalue weighted by Crippen LogP contribution is 2.38. The van der Waals surface area contributed by atoms with Crippen LogP contribution in [0, 0.1) is 0 Å². The van der Waals surface area contributed by atoms with Gasteiger partial charge in [-0.2, -0.15) is 0 Å². The minimum Gasteiger partial charge on any atom is -0.478 e. The van der Waals surface area contributed by atoms with Gasteiger partial charge in [0.25, 0.3) is 0 Å². The van der Waals surface area contributed by atoms with E-state index in [0.29, 0.717) is 17.0 Å². The Bertz CT molecular complexity index is 745. The average molecular weight is 296 g/mol. The lowest BCUT2D eigenvalue weighted by molar-refractivity contribution is -0.133. The van der Waals surface area contributed by atoms with Gasteiger partial charge in [0.15, 0.2) is 0 Å². The van der Waals surface area contributed by atoms with Crippen LogP contribution in [0.1, 0.15) is 25.5 Å². The van der Waals surface area contributed by atoms with Gasteiger partial charge in [-0.05, 0) is 44.2 Å². The van der Waals surface area contributed by atoms with E-state index in [2.05, 4.69) is 4.98 Å². The molecular weight excluding hydrogens is 280 g/mol. The molecule has 1 aliphatic rings. The third kappa shape index (κ3) is 2.30. The summed E-state index contributed by atoms with van der Waals surface area (Å²) in [4.78, 5) is 17.8. The Morgan fingerprint density at radius 3 is 2.73 bits per heavy atom. The first-order valence-corrected chi connectivity index (χ1v) is 6.95. The maximum Gasteiger partial charge on any atom is 0.334 e. The summed E-state index contributed by atoms with van der Waals surface area (Å²) in [7, 11) is 0. The van der Waals surface area contributed by atoms with Gasteiger partial charge in [-0.3, -0.25) is 4.98 Å². The van der Waals surface area contributed by atoms with E-state index in [1.807, 2.05) is 37.0 Å². The maximum absolute atomic E-state index is 11.8. The van der Waals surface area contributed by atoms with Gasteiger partial charge in [-0.15, -0.1) is 0 Å². The first-order valence-electron chi connectivity index (χ1n) is 6.95. The van der Waals surface area contributed by atoms with Gasteiger partial charge in [0.2, 0.25) is 0 Å². The molecule has 0 aliphatic carbocycles. The Morgan fingerprint density at radius 2 is 2.14 bits per heavy atom. The third-order valence-corrected chi connectivity index (χ3v) is 3.78. The van der Waals surface area contributed by atoms with Crippen molar-refractivity contribution in [2.24, 2.45) is 0 Å². The summed E-state index contributed by atoms with van der Waals surface area (Å²) >= 11 is 0. The smallest absolute Gasteiger partial charge is 0.334 e. The lowest BCUT2D eigenvalue weighted by atomic mass is 9.90. The van der Waals surface area contributed by atoms with Crippen molar-refractivity contribution < 1.29 is 14.3 Å². The summed E-state index contributed by atoms with van der Waals surface area (Å²) < 4.78 is 5.42. The molecule has 0 aromatic carbocycles. The van der Waals surface area contributed by atoms with Gasteiger partial charge >= 0.3 is 5.97 Å². The van der Waals surface area contributed by atoms with Crippen molar-refractivity contribution in [3.05, 3.63) is 71.7 Å². The van der Waals surface area contributed by atoms with Gasteiger partial charge < -0.3 is 14.4 Å². The Hall–Kier alpha value is -2.82. The number of carboxylic acids is 1. The highest BCUT2D eigenvalue weighted by Gasteiger charge is 2.32. The lowest BCUT2D eigenvalue weighted by Crippen LogP contribution is -2.29. The second-order valence-electron chi connectivity index (χ2n) is 5.15. The fourth-order valence-electron chi connectivity index (χ4n) is 2.87. The van der Waals surface area contributed by atoms with Crippen LogP contribution in [-0.4, -0.2) is 16.1 Å². The van der Waals surface area contributed by atoms with Crippen LogP contribution in [0.4, 0.5) is 5.69 Å². The molecule has 0 radical (unpaired) electrons. The molecule has 112 valence electrons. The number of nitrogens with zero attached hydrogens (tertiary/aromatic N) is 2. The van der Waals surface area contributed by atoms with Crippen LogP contribution in [0.5, 0.6) is 0 Å². The molecule has 0 bridgehead atoms. The van der Waals surface area contributed by atoms with Crippen molar-refractivity contribution in [2.75, 3.05) is 4.90 Å². The summed E-state index contributed by atoms with van der Waals surface area (Å²) in [6.07, 6.45) is 6.87. The van der Waals surface area contributed by atoms with Crippen LogP contribution in [0.2, 0.25) is 0 Å². The first kappa shape index (κ1) is 14.1. The van der Waals surface area contributed by atoms with Gasteiger partial charge in [0.05, 0.1) is 29.6 Å². The van der Waals surface area contributed by atoms with E-state index in [0.717, 1.165) is 11.4 Å². The van der Waals surface area contributed by atoms with E-state index < -0.39 is 5.97 Å². The van der Waals surface area contributed by atoms with Crippen molar-refractivity contribution in [1.29, 1.82) is 0 Å². The quantitative estimate of drug-likeness (QED) is 0.938. The molecule has 5 heteroatoms. The topological polar surface area (TPSA) is 66.6 Å². The number of carbonyl (C=O) groups is 1. The molecule has 1 atom stereocenters. The molecule has 22 heavy (non-hydrogen) atoms. The molecule has 0 fully saturated rings. The van der Waals surface area contributed by atoms with Gasteiger partial charge in [-0.1, -0.05) is 0 Å². The van der Waals surface area contributed by atoms with E-state index in [1.54, 1.807) is 30.8 Å². The molecule has 0 saturated heterocycles. The fourth-order valence-corrected chi connectivity index (χ4v) is 2.87. The van der Waals surface area contributed by atoms with Crippen LogP contribution in [-0.2, 0) is 4.79 Å². The van der Waals surface area contributed by atoms with Crippen LogP contribution < -0.4 is 4.90 Å². The van der Waals surface area contributed by atoms with E-state index in [9.17, 15) is 9.90 Å². The predicted octanol–water partition coefficient (Wildman–Crippen LogP) is 3.54. The number of rotatable bonds is 3. The molecule has 1 aliphatic heterocycles. The minimum atomic E-state index is -0.948. The van der Waals surface area contributed by atoms with E-state index in [1.165, 1.54) is 0 Å². The zero-order valence-electron chi connectivity index (χ0n) is 12.4. The SMILES string of the molecule is CC1=CC(c2ccco2)C(C(=O)O)=C(C)N1c1cccnc1. The number of furan rings is 1. The summed E-state index contributed by atoms with van der Waals surface area (Å²) in [6, 6.07) is 7.29. The minimum absolute atomic E-state index is 0.310. The summed E-state index contributed by atoms with van der Waals surface area (Å²) in [5, 5.41) is 9.66. The Labute approximate surface area is 128 Å². The molecular formula is C17H16N2O3. The molecule has 0 saturated carbocycles. The van der Waals surface area contributed by atoms with Crippen LogP contribution in [0.15, 0.2) is 70.4 Å². The van der Waals surface area contributed by atoms with Crippen molar-refractivity contribution in [2.45, 2.75) is 19.8 Å². The molecule has 1 N–H and O–H groups in total. The second-order valence-corrected chi connectivity index (χ2v) is 5.15. The maximum atomic E-state index is 11.8. The molecule has 0 amide bonds. The number of aliphatic carboxylic acids is 1. The van der Waals surface area contributed by atoms with Crippen LogP contribution >= 0.6 is 0 Å². The van der Waals surface area contributed by atoms with E-state index in [-0.39, 0.29) is 5.92 Å². The number of pyridine rings is 1. The van der Waals surface area contributed by atoms with Crippen molar-refractivity contribution in [3.63, 3.8) is 0 Å². The highest BCUT2D eigenvalue weighted by atomic mass is 16.4. The first-order chi connectivity index (χ1) is 10.6. The number of hydrogen-bond acceptors (Lipinski definition) is 4. The zero-order chi connectivity index (χ0) is 15.7. The van der Waals surface area contributed by atoms with E-state index in [4.69, 9.17) is 4.42 Å². The lowest BCUT2D eigenvalue weighted by Gasteiger charge is -2.33. The van der Waals surface area contributed by atoms with Gasteiger partial charge in [-0.25, -0.2) is 4.79 Å². The summed E-state index contributed by atoms with van der Waals surface area (Å²) in [6.45, 7) is 3.76. The number of aromatic nitrogens is 1. The summed E-state index contributed by atoms with van der Waals surface area (Å²) in [5.74, 6) is -0.709. The number of hydrogen-bond donors (Lipinski definition) is 1. The third-order valence-electron chi connectivity index (χ3n) is 3.78. The Morgan fingerprint density at radius 1 is 1.32 bits per heavy atom. The number of allylic oxidation sites excluding steroid dienone is 3. The number of anilines is 1. The van der Waals surface area contributed by atoms with Crippen LogP contribution in [0.3, 0.4) is 0 Å². The molecule has 1 unspecified atom stereocenters. The van der Waals surface area contributed by atoms with Crippen molar-refractivity contribution in [1.82, 2.24) is 4.98 Å². The predicted molar refractivity (Wildman–Crippen MR) is 82.3 cm³/mol. The molecule has 0 spiro atoms.